The summed E-state index contributed by atoms with van der Waals surface area (Å²) in [6.45, 7) is 9.34. The molecule has 3 aromatic rings. The topological polar surface area (TPSA) is 35.6 Å². The monoisotopic (exact) mass is 493 g/mol. The molecule has 4 heteroatoms. The van der Waals surface area contributed by atoms with E-state index in [4.69, 9.17) is 0 Å². The molecule has 3 atom stereocenters. The fraction of sp³-hybridized carbons (Fsp3) is 0.424. The molecule has 2 fully saturated rings. The van der Waals surface area contributed by atoms with Crippen LogP contribution in [0.4, 0.5) is 0 Å². The Labute approximate surface area is 221 Å². The fourth-order valence-electron chi connectivity index (χ4n) is 7.10. The molecule has 2 heterocycles. The lowest BCUT2D eigenvalue weighted by Crippen LogP contribution is -2.57. The number of benzene rings is 3. The molecule has 3 aromatic carbocycles. The molecule has 3 unspecified atom stereocenters. The standard InChI is InChI=1S/C33H39N3O/c1-23-24(2)36(21-18-34-23)33(25-10-4-3-5-11-25)26-16-19-35(20-17-26)22-31(37)32-29-14-8-6-12-27(29)28-13-7-9-15-30(28)32/h3-15,23-24,26,32-34H,16-22H2,1-2H3. The van der Waals surface area contributed by atoms with Crippen molar-refractivity contribution in [2.24, 2.45) is 5.92 Å². The van der Waals surface area contributed by atoms with Gasteiger partial charge in [0.1, 0.15) is 0 Å². The smallest absolute Gasteiger partial charge is 0.158 e. The molecule has 0 amide bonds. The van der Waals surface area contributed by atoms with Crippen molar-refractivity contribution in [3.05, 3.63) is 95.6 Å². The number of nitrogens with zero attached hydrogens (tertiary/aromatic N) is 2. The third-order valence-electron chi connectivity index (χ3n) is 9.20. The van der Waals surface area contributed by atoms with Crippen LogP contribution in [0.5, 0.6) is 0 Å². The predicted molar refractivity (Wildman–Crippen MR) is 151 cm³/mol. The minimum Gasteiger partial charge on any atom is -0.311 e. The first-order valence-corrected chi connectivity index (χ1v) is 14.1. The number of carbonyl (C=O) groups excluding carboxylic acids is 1. The summed E-state index contributed by atoms with van der Waals surface area (Å²) >= 11 is 0. The molecule has 0 bridgehead atoms. The zero-order chi connectivity index (χ0) is 25.4. The average Bonchev–Trinajstić information content (AvgIpc) is 3.27. The number of hydrogen-bond donors (Lipinski definition) is 1. The second-order valence-electron chi connectivity index (χ2n) is 11.3. The van der Waals surface area contributed by atoms with E-state index in [9.17, 15) is 4.79 Å². The van der Waals surface area contributed by atoms with Crippen molar-refractivity contribution in [1.29, 1.82) is 0 Å². The molecule has 0 radical (unpaired) electrons. The summed E-state index contributed by atoms with van der Waals surface area (Å²) in [5.41, 5.74) is 6.24. The Balaban J connectivity index is 1.16. The summed E-state index contributed by atoms with van der Waals surface area (Å²) in [5, 5.41) is 3.65. The number of rotatable bonds is 6. The lowest BCUT2D eigenvalue weighted by atomic mass is 9.82. The van der Waals surface area contributed by atoms with Crippen LogP contribution in [0, 0.1) is 5.92 Å². The summed E-state index contributed by atoms with van der Waals surface area (Å²) in [6, 6.07) is 29.5. The Morgan fingerprint density at radius 1 is 0.838 bits per heavy atom. The van der Waals surface area contributed by atoms with Gasteiger partial charge in [0, 0.05) is 31.2 Å². The minimum absolute atomic E-state index is 0.134. The number of hydrogen-bond acceptors (Lipinski definition) is 4. The normalized spacial score (nSPS) is 23.9. The lowest BCUT2D eigenvalue weighted by molar-refractivity contribution is -0.121. The van der Waals surface area contributed by atoms with E-state index in [-0.39, 0.29) is 5.92 Å². The third kappa shape index (κ3) is 4.67. The van der Waals surface area contributed by atoms with E-state index in [2.05, 4.69) is 108 Å². The highest BCUT2D eigenvalue weighted by molar-refractivity contribution is 5.98. The summed E-state index contributed by atoms with van der Waals surface area (Å²) in [7, 11) is 0. The number of likely N-dealkylation sites (tertiary alicyclic amines) is 1. The van der Waals surface area contributed by atoms with Crippen LogP contribution in [0.15, 0.2) is 78.9 Å². The van der Waals surface area contributed by atoms with Crippen molar-refractivity contribution in [3.63, 3.8) is 0 Å². The number of nitrogens with one attached hydrogen (secondary N) is 1. The number of ketones is 1. The molecule has 2 saturated heterocycles. The Kier molecular flexibility index (Phi) is 6.98. The first-order chi connectivity index (χ1) is 18.1. The van der Waals surface area contributed by atoms with E-state index in [0.29, 0.717) is 36.4 Å². The van der Waals surface area contributed by atoms with E-state index in [1.807, 2.05) is 0 Å². The Morgan fingerprint density at radius 3 is 2.08 bits per heavy atom. The first kappa shape index (κ1) is 24.5. The average molecular weight is 494 g/mol. The van der Waals surface area contributed by atoms with Gasteiger partial charge in [-0.05, 0) is 73.5 Å². The van der Waals surface area contributed by atoms with Crippen molar-refractivity contribution in [3.8, 4) is 11.1 Å². The molecule has 37 heavy (non-hydrogen) atoms. The number of piperidine rings is 1. The second-order valence-corrected chi connectivity index (χ2v) is 11.3. The molecule has 1 N–H and O–H groups in total. The third-order valence-corrected chi connectivity index (χ3v) is 9.20. The maximum atomic E-state index is 13.7. The maximum Gasteiger partial charge on any atom is 0.158 e. The maximum absolute atomic E-state index is 13.7. The molecule has 0 saturated carbocycles. The van der Waals surface area contributed by atoms with Gasteiger partial charge in [0.2, 0.25) is 0 Å². The summed E-state index contributed by atoms with van der Waals surface area (Å²) in [6.07, 6.45) is 2.27. The van der Waals surface area contributed by atoms with E-state index in [0.717, 1.165) is 39.0 Å². The van der Waals surface area contributed by atoms with Gasteiger partial charge in [-0.1, -0.05) is 78.9 Å². The van der Waals surface area contributed by atoms with Crippen molar-refractivity contribution < 1.29 is 4.79 Å². The zero-order valence-electron chi connectivity index (χ0n) is 22.1. The summed E-state index contributed by atoms with van der Waals surface area (Å²) in [4.78, 5) is 18.9. The van der Waals surface area contributed by atoms with E-state index in [1.165, 1.54) is 27.8 Å². The molecule has 4 nitrogen and oxygen atoms in total. The Morgan fingerprint density at radius 2 is 1.43 bits per heavy atom. The SMILES string of the molecule is CC1NCCN(C(c2ccccc2)C2CCN(CC(=O)C3c4ccccc4-c4ccccc43)CC2)C1C. The van der Waals surface area contributed by atoms with Crippen LogP contribution in [-0.2, 0) is 4.79 Å². The summed E-state index contributed by atoms with van der Waals surface area (Å²) in [5.74, 6) is 0.805. The van der Waals surface area contributed by atoms with Gasteiger partial charge < -0.3 is 5.32 Å². The fourth-order valence-corrected chi connectivity index (χ4v) is 7.10. The van der Waals surface area contributed by atoms with Crippen molar-refractivity contribution in [2.75, 3.05) is 32.7 Å². The molecular formula is C33H39N3O. The first-order valence-electron chi connectivity index (χ1n) is 14.1. The molecular weight excluding hydrogens is 454 g/mol. The second kappa shape index (κ2) is 10.5. The molecule has 1 aliphatic carbocycles. The van der Waals surface area contributed by atoms with Crippen LogP contribution >= 0.6 is 0 Å². The molecule has 0 spiro atoms. The van der Waals surface area contributed by atoms with Crippen LogP contribution in [0.25, 0.3) is 11.1 Å². The molecule has 0 aromatic heterocycles. The Bertz CT molecular complexity index is 1190. The number of piperazine rings is 1. The number of Topliss-reactive ketones (excluding diaryl/α,β-unsaturated/α-hetero) is 1. The van der Waals surface area contributed by atoms with Crippen molar-refractivity contribution >= 4 is 5.78 Å². The van der Waals surface area contributed by atoms with Gasteiger partial charge >= 0.3 is 0 Å². The lowest BCUT2D eigenvalue weighted by Gasteiger charge is -2.48. The van der Waals surface area contributed by atoms with Gasteiger partial charge in [-0.3, -0.25) is 14.6 Å². The number of fused-ring (bicyclic) bond motifs is 3. The van der Waals surface area contributed by atoms with Gasteiger partial charge in [0.05, 0.1) is 12.5 Å². The van der Waals surface area contributed by atoms with E-state index in [1.54, 1.807) is 0 Å². The largest absolute Gasteiger partial charge is 0.311 e. The Hall–Kier alpha value is -2.79. The molecule has 2 aliphatic heterocycles. The van der Waals surface area contributed by atoms with Gasteiger partial charge in [0.15, 0.2) is 5.78 Å². The van der Waals surface area contributed by atoms with Gasteiger partial charge in [-0.15, -0.1) is 0 Å². The van der Waals surface area contributed by atoms with Gasteiger partial charge in [-0.2, -0.15) is 0 Å². The number of carbonyl (C=O) groups is 1. The quantitative estimate of drug-likeness (QED) is 0.492. The van der Waals surface area contributed by atoms with E-state index < -0.39 is 0 Å². The molecule has 3 aliphatic rings. The van der Waals surface area contributed by atoms with Crippen LogP contribution in [0.1, 0.15) is 55.3 Å². The van der Waals surface area contributed by atoms with Crippen LogP contribution in [0.3, 0.4) is 0 Å². The predicted octanol–water partition coefficient (Wildman–Crippen LogP) is 5.50. The van der Waals surface area contributed by atoms with Crippen LogP contribution < -0.4 is 5.32 Å². The van der Waals surface area contributed by atoms with Crippen LogP contribution in [0.2, 0.25) is 0 Å². The zero-order valence-corrected chi connectivity index (χ0v) is 22.1. The van der Waals surface area contributed by atoms with Gasteiger partial charge in [0.25, 0.3) is 0 Å². The van der Waals surface area contributed by atoms with Crippen LogP contribution in [-0.4, -0.2) is 60.4 Å². The van der Waals surface area contributed by atoms with Crippen molar-refractivity contribution in [2.45, 2.75) is 50.7 Å². The minimum atomic E-state index is -0.134. The highest BCUT2D eigenvalue weighted by Crippen LogP contribution is 2.45. The van der Waals surface area contributed by atoms with E-state index >= 15 is 0 Å². The highest BCUT2D eigenvalue weighted by atomic mass is 16.1. The van der Waals surface area contributed by atoms with Crippen molar-refractivity contribution in [1.82, 2.24) is 15.1 Å². The molecule has 192 valence electrons. The van der Waals surface area contributed by atoms with Gasteiger partial charge in [-0.25, -0.2) is 0 Å². The molecule has 6 rings (SSSR count). The highest BCUT2D eigenvalue weighted by Gasteiger charge is 2.38. The summed E-state index contributed by atoms with van der Waals surface area (Å²) < 4.78 is 0.